The first kappa shape index (κ1) is 13.1. The summed E-state index contributed by atoms with van der Waals surface area (Å²) in [6.07, 6.45) is 2.23. The lowest BCUT2D eigenvalue weighted by Crippen LogP contribution is -2.29. The molecule has 1 N–H and O–H groups in total. The minimum atomic E-state index is -0.109. The van der Waals surface area contributed by atoms with E-state index in [1.807, 2.05) is 25.7 Å². The molecule has 0 aliphatic carbocycles. The second-order valence-corrected chi connectivity index (χ2v) is 6.07. The number of carbonyl (C=O) groups is 1. The van der Waals surface area contributed by atoms with Crippen molar-refractivity contribution in [1.82, 2.24) is 20.1 Å². The molecule has 5 nitrogen and oxygen atoms in total. The minimum Gasteiger partial charge on any atom is -0.336 e. The van der Waals surface area contributed by atoms with Gasteiger partial charge in [0, 0.05) is 18.5 Å². The van der Waals surface area contributed by atoms with Gasteiger partial charge in [-0.1, -0.05) is 34.1 Å². The van der Waals surface area contributed by atoms with Crippen molar-refractivity contribution in [3.8, 4) is 0 Å². The van der Waals surface area contributed by atoms with Crippen molar-refractivity contribution in [2.45, 2.75) is 46.0 Å². The number of H-pyrrole nitrogens is 1. The summed E-state index contributed by atoms with van der Waals surface area (Å²) < 4.78 is 0. The fraction of sp³-hybridized carbons (Fsp3) is 0.769. The molecule has 1 unspecified atom stereocenters. The van der Waals surface area contributed by atoms with E-state index in [0.29, 0.717) is 11.7 Å². The average Bonchev–Trinajstić information content (AvgIpc) is 2.96. The van der Waals surface area contributed by atoms with Crippen LogP contribution < -0.4 is 0 Å². The fourth-order valence-corrected chi connectivity index (χ4v) is 2.18. The van der Waals surface area contributed by atoms with Crippen LogP contribution >= 0.6 is 0 Å². The number of nitrogens with one attached hydrogen (secondary N) is 1. The molecule has 1 aliphatic heterocycles. The van der Waals surface area contributed by atoms with Gasteiger partial charge in [-0.15, -0.1) is 5.10 Å². The van der Waals surface area contributed by atoms with Crippen LogP contribution in [0.25, 0.3) is 0 Å². The van der Waals surface area contributed by atoms with E-state index in [0.717, 1.165) is 31.8 Å². The van der Waals surface area contributed by atoms with Crippen LogP contribution in [-0.4, -0.2) is 39.1 Å². The van der Waals surface area contributed by atoms with Crippen LogP contribution in [-0.2, 0) is 5.41 Å². The lowest BCUT2D eigenvalue weighted by atomic mass is 9.96. The lowest BCUT2D eigenvalue weighted by Gasteiger charge is -2.14. The van der Waals surface area contributed by atoms with Gasteiger partial charge >= 0.3 is 0 Å². The molecule has 1 saturated heterocycles. The minimum absolute atomic E-state index is 0.0438. The summed E-state index contributed by atoms with van der Waals surface area (Å²) in [5.41, 5.74) is -0.109. The molecule has 2 heterocycles. The Balaban J connectivity index is 2.08. The van der Waals surface area contributed by atoms with Crippen molar-refractivity contribution in [2.24, 2.45) is 5.92 Å². The molecule has 1 aromatic heterocycles. The Hall–Kier alpha value is -1.39. The maximum Gasteiger partial charge on any atom is 0.293 e. The highest BCUT2D eigenvalue weighted by molar-refractivity contribution is 5.90. The molecule has 18 heavy (non-hydrogen) atoms. The van der Waals surface area contributed by atoms with Gasteiger partial charge in [0.05, 0.1) is 0 Å². The summed E-state index contributed by atoms with van der Waals surface area (Å²) in [6, 6.07) is 0. The molecular formula is C13H22N4O. The smallest absolute Gasteiger partial charge is 0.293 e. The highest BCUT2D eigenvalue weighted by Gasteiger charge is 2.29. The highest BCUT2D eigenvalue weighted by Crippen LogP contribution is 2.21. The second-order valence-electron chi connectivity index (χ2n) is 6.07. The Morgan fingerprint density at radius 1 is 1.50 bits per heavy atom. The molecule has 1 atom stereocenters. The monoisotopic (exact) mass is 250 g/mol. The number of nitrogens with zero attached hydrogens (tertiary/aromatic N) is 3. The van der Waals surface area contributed by atoms with E-state index in [2.05, 4.69) is 22.1 Å². The molecular weight excluding hydrogens is 228 g/mol. The number of hydrogen-bond acceptors (Lipinski definition) is 3. The molecule has 2 rings (SSSR count). The largest absolute Gasteiger partial charge is 0.336 e. The van der Waals surface area contributed by atoms with Crippen molar-refractivity contribution < 1.29 is 4.79 Å². The Kier molecular flexibility index (Phi) is 3.41. The molecule has 0 bridgehead atoms. The predicted molar refractivity (Wildman–Crippen MR) is 69.4 cm³/mol. The van der Waals surface area contributed by atoms with Crippen molar-refractivity contribution >= 4 is 5.91 Å². The molecule has 0 radical (unpaired) electrons. The van der Waals surface area contributed by atoms with Crippen molar-refractivity contribution in [2.75, 3.05) is 13.1 Å². The Labute approximate surface area is 108 Å². The van der Waals surface area contributed by atoms with Gasteiger partial charge in [-0.2, -0.15) is 0 Å². The van der Waals surface area contributed by atoms with Crippen LogP contribution in [0.15, 0.2) is 0 Å². The molecule has 100 valence electrons. The van der Waals surface area contributed by atoms with Gasteiger partial charge in [0.15, 0.2) is 0 Å². The lowest BCUT2D eigenvalue weighted by molar-refractivity contribution is 0.0775. The summed E-state index contributed by atoms with van der Waals surface area (Å²) in [4.78, 5) is 18.4. The first-order valence-corrected chi connectivity index (χ1v) is 6.64. The van der Waals surface area contributed by atoms with Gasteiger partial charge in [-0.3, -0.25) is 9.89 Å². The second kappa shape index (κ2) is 4.71. The predicted octanol–water partition coefficient (Wildman–Crippen LogP) is 1.97. The topological polar surface area (TPSA) is 61.9 Å². The molecule has 1 aromatic rings. The van der Waals surface area contributed by atoms with Crippen LogP contribution in [0.4, 0.5) is 0 Å². The van der Waals surface area contributed by atoms with E-state index >= 15 is 0 Å². The fourth-order valence-electron chi connectivity index (χ4n) is 2.18. The summed E-state index contributed by atoms with van der Waals surface area (Å²) in [6.45, 7) is 9.98. The van der Waals surface area contributed by atoms with Crippen molar-refractivity contribution in [3.63, 3.8) is 0 Å². The van der Waals surface area contributed by atoms with E-state index in [1.54, 1.807) is 0 Å². The van der Waals surface area contributed by atoms with Crippen LogP contribution in [0, 0.1) is 5.92 Å². The number of amides is 1. The molecule has 1 fully saturated rings. The molecule has 5 heteroatoms. The van der Waals surface area contributed by atoms with Crippen LogP contribution in [0.2, 0.25) is 0 Å². The average molecular weight is 250 g/mol. The Bertz CT molecular complexity index is 432. The number of aromatic amines is 1. The Morgan fingerprint density at radius 3 is 2.72 bits per heavy atom. The van der Waals surface area contributed by atoms with Gasteiger partial charge in [-0.05, 0) is 12.3 Å². The zero-order valence-electron chi connectivity index (χ0n) is 11.7. The van der Waals surface area contributed by atoms with Gasteiger partial charge in [0.1, 0.15) is 5.82 Å². The van der Waals surface area contributed by atoms with Crippen molar-refractivity contribution in [1.29, 1.82) is 0 Å². The normalized spacial score (nSPS) is 20.4. The number of carbonyl (C=O) groups excluding carboxylic acids is 1. The summed E-state index contributed by atoms with van der Waals surface area (Å²) in [5.74, 6) is 1.65. The van der Waals surface area contributed by atoms with E-state index in [4.69, 9.17) is 0 Å². The van der Waals surface area contributed by atoms with E-state index in [-0.39, 0.29) is 11.3 Å². The van der Waals surface area contributed by atoms with Crippen LogP contribution in [0.1, 0.15) is 57.0 Å². The molecule has 0 aromatic carbocycles. The summed E-state index contributed by atoms with van der Waals surface area (Å²) in [5, 5.41) is 6.92. The zero-order chi connectivity index (χ0) is 13.3. The summed E-state index contributed by atoms with van der Waals surface area (Å²) in [7, 11) is 0. The summed E-state index contributed by atoms with van der Waals surface area (Å²) >= 11 is 0. The zero-order valence-corrected chi connectivity index (χ0v) is 11.7. The van der Waals surface area contributed by atoms with Gasteiger partial charge in [-0.25, -0.2) is 4.98 Å². The number of aromatic nitrogens is 3. The molecule has 0 saturated carbocycles. The third-order valence-electron chi connectivity index (χ3n) is 3.54. The third kappa shape index (κ3) is 2.54. The van der Waals surface area contributed by atoms with E-state index in [9.17, 15) is 4.79 Å². The van der Waals surface area contributed by atoms with E-state index < -0.39 is 0 Å². The van der Waals surface area contributed by atoms with Crippen LogP contribution in [0.5, 0.6) is 0 Å². The highest BCUT2D eigenvalue weighted by atomic mass is 16.2. The standard InChI is InChI=1S/C13H22N4O/c1-5-9-6-7-17(8-9)11(18)10-14-12(16-15-10)13(2,3)4/h9H,5-8H2,1-4H3,(H,14,15,16). The maximum absolute atomic E-state index is 12.2. The van der Waals surface area contributed by atoms with Gasteiger partial charge < -0.3 is 4.90 Å². The van der Waals surface area contributed by atoms with Gasteiger partial charge in [0.2, 0.25) is 5.82 Å². The van der Waals surface area contributed by atoms with Crippen LogP contribution in [0.3, 0.4) is 0 Å². The third-order valence-corrected chi connectivity index (χ3v) is 3.54. The Morgan fingerprint density at radius 2 is 2.22 bits per heavy atom. The van der Waals surface area contributed by atoms with Gasteiger partial charge in [0.25, 0.3) is 5.91 Å². The quantitative estimate of drug-likeness (QED) is 0.873. The number of rotatable bonds is 2. The maximum atomic E-state index is 12.2. The molecule has 0 spiro atoms. The van der Waals surface area contributed by atoms with Crippen molar-refractivity contribution in [3.05, 3.63) is 11.6 Å². The first-order chi connectivity index (χ1) is 8.41. The number of likely N-dealkylation sites (tertiary alicyclic amines) is 1. The SMILES string of the molecule is CCC1CCN(C(=O)c2n[nH]c(C(C)(C)C)n2)C1. The number of hydrogen-bond donors (Lipinski definition) is 1. The molecule has 1 aliphatic rings. The molecule has 1 amide bonds. The van der Waals surface area contributed by atoms with E-state index in [1.165, 1.54) is 0 Å². The first-order valence-electron chi connectivity index (χ1n) is 6.64.